The van der Waals surface area contributed by atoms with E-state index in [1.807, 2.05) is 0 Å². The van der Waals surface area contributed by atoms with E-state index in [0.717, 1.165) is 19.4 Å². The first kappa shape index (κ1) is 28.5. The van der Waals surface area contributed by atoms with Gasteiger partial charge in [-0.2, -0.15) is 0 Å². The molecule has 38 heavy (non-hydrogen) atoms. The summed E-state index contributed by atoms with van der Waals surface area (Å²) in [6.07, 6.45) is 2.23. The molecule has 1 saturated carbocycles. The number of nitrogens with one attached hydrogen (secondary N) is 2. The Morgan fingerprint density at radius 1 is 1.26 bits per heavy atom. The highest BCUT2D eigenvalue weighted by Gasteiger charge is 2.34. The van der Waals surface area contributed by atoms with Gasteiger partial charge in [0.1, 0.15) is 18.5 Å². The minimum Gasteiger partial charge on any atom is -0.370 e. The fourth-order valence-electron chi connectivity index (χ4n) is 4.45. The van der Waals surface area contributed by atoms with Gasteiger partial charge in [0.15, 0.2) is 0 Å². The highest BCUT2D eigenvalue weighted by atomic mass is 35.5. The van der Waals surface area contributed by atoms with E-state index >= 15 is 4.39 Å². The minimum absolute atomic E-state index is 0.0862. The number of amides is 3. The largest absolute Gasteiger partial charge is 0.370 e. The molecular formula is C27H34ClFN4O4S. The van der Waals surface area contributed by atoms with Crippen LogP contribution in [0, 0.1) is 17.2 Å². The van der Waals surface area contributed by atoms with Crippen LogP contribution in [-0.2, 0) is 14.3 Å². The molecule has 8 nitrogen and oxygen atoms in total. The number of ether oxygens (including phenoxy) is 1. The number of hydrogen-bond donors (Lipinski definition) is 2. The van der Waals surface area contributed by atoms with Crippen LogP contribution in [0.4, 0.5) is 15.8 Å². The van der Waals surface area contributed by atoms with E-state index in [4.69, 9.17) is 16.3 Å². The average molecular weight is 565 g/mol. The molecule has 1 aromatic heterocycles. The summed E-state index contributed by atoms with van der Waals surface area (Å²) < 4.78 is 20.6. The van der Waals surface area contributed by atoms with Crippen molar-refractivity contribution in [2.24, 2.45) is 11.3 Å². The zero-order chi connectivity index (χ0) is 27.4. The van der Waals surface area contributed by atoms with Crippen LogP contribution in [0.25, 0.3) is 0 Å². The Bertz CT molecular complexity index is 1180. The molecule has 4 rings (SSSR count). The SMILES string of the molecule is CC(C)(C)CN(CC1CC1)[C@H](CNC(=O)c1ccc(Cl)s1)C(=O)Nc1ccc(N2CCOCC2=O)c(F)c1. The highest BCUT2D eigenvalue weighted by molar-refractivity contribution is 7.18. The van der Waals surface area contributed by atoms with Gasteiger partial charge in [0.2, 0.25) is 5.91 Å². The predicted octanol–water partition coefficient (Wildman–Crippen LogP) is 4.40. The van der Waals surface area contributed by atoms with Crippen LogP contribution in [0.15, 0.2) is 30.3 Å². The third-order valence-corrected chi connectivity index (χ3v) is 7.59. The Morgan fingerprint density at radius 3 is 2.63 bits per heavy atom. The monoisotopic (exact) mass is 564 g/mol. The molecule has 2 aromatic rings. The minimum atomic E-state index is -0.669. The Morgan fingerprint density at radius 2 is 2.03 bits per heavy atom. The second kappa shape index (κ2) is 12.1. The molecule has 2 heterocycles. The van der Waals surface area contributed by atoms with Gasteiger partial charge in [0.05, 0.1) is 21.5 Å². The van der Waals surface area contributed by atoms with Gasteiger partial charge in [-0.25, -0.2) is 4.39 Å². The Hall–Kier alpha value is -2.53. The third kappa shape index (κ3) is 7.75. The molecule has 206 valence electrons. The molecular weight excluding hydrogens is 531 g/mol. The fourth-order valence-corrected chi connectivity index (χ4v) is 5.41. The van der Waals surface area contributed by atoms with Crippen molar-refractivity contribution in [2.75, 3.05) is 49.6 Å². The summed E-state index contributed by atoms with van der Waals surface area (Å²) >= 11 is 7.16. The second-order valence-corrected chi connectivity index (χ2v) is 12.7. The molecule has 2 N–H and O–H groups in total. The lowest BCUT2D eigenvalue weighted by Crippen LogP contribution is -2.53. The number of benzene rings is 1. The van der Waals surface area contributed by atoms with Crippen LogP contribution in [0.5, 0.6) is 0 Å². The molecule has 2 aliphatic rings. The first-order valence-electron chi connectivity index (χ1n) is 12.8. The molecule has 2 fully saturated rings. The van der Waals surface area contributed by atoms with Gasteiger partial charge in [-0.1, -0.05) is 32.4 Å². The number of carbonyl (C=O) groups excluding carboxylic acids is 3. The fraction of sp³-hybridized carbons (Fsp3) is 0.519. The van der Waals surface area contributed by atoms with E-state index < -0.39 is 11.9 Å². The van der Waals surface area contributed by atoms with Gasteiger partial charge in [-0.05, 0) is 54.5 Å². The van der Waals surface area contributed by atoms with Gasteiger partial charge in [0.25, 0.3) is 11.8 Å². The maximum Gasteiger partial charge on any atom is 0.261 e. The molecule has 1 saturated heterocycles. The number of anilines is 2. The molecule has 1 aliphatic heterocycles. The lowest BCUT2D eigenvalue weighted by molar-refractivity contribution is -0.125. The first-order valence-corrected chi connectivity index (χ1v) is 14.0. The Labute approximate surface area is 231 Å². The van der Waals surface area contributed by atoms with Crippen molar-refractivity contribution < 1.29 is 23.5 Å². The summed E-state index contributed by atoms with van der Waals surface area (Å²) in [5.74, 6) is -1.04. The smallest absolute Gasteiger partial charge is 0.261 e. The molecule has 11 heteroatoms. The number of carbonyl (C=O) groups is 3. The quantitative estimate of drug-likeness (QED) is 0.446. The van der Waals surface area contributed by atoms with E-state index in [1.165, 1.54) is 28.4 Å². The van der Waals surface area contributed by atoms with Crippen molar-refractivity contribution in [1.29, 1.82) is 0 Å². The summed E-state index contributed by atoms with van der Waals surface area (Å²) in [6, 6.07) is 6.93. The number of halogens is 2. The van der Waals surface area contributed by atoms with Crippen LogP contribution in [0.1, 0.15) is 43.3 Å². The van der Waals surface area contributed by atoms with Crippen LogP contribution >= 0.6 is 22.9 Å². The zero-order valence-electron chi connectivity index (χ0n) is 21.9. The lowest BCUT2D eigenvalue weighted by Gasteiger charge is -2.36. The van der Waals surface area contributed by atoms with Crippen molar-refractivity contribution in [2.45, 2.75) is 39.7 Å². The molecule has 0 unspecified atom stereocenters. The summed E-state index contributed by atoms with van der Waals surface area (Å²) in [4.78, 5) is 42.4. The van der Waals surface area contributed by atoms with Crippen LogP contribution < -0.4 is 15.5 Å². The maximum atomic E-state index is 15.0. The van der Waals surface area contributed by atoms with Crippen molar-refractivity contribution in [3.05, 3.63) is 45.4 Å². The van der Waals surface area contributed by atoms with Gasteiger partial charge < -0.3 is 20.3 Å². The van der Waals surface area contributed by atoms with Gasteiger partial charge >= 0.3 is 0 Å². The average Bonchev–Trinajstić information content (AvgIpc) is 3.55. The normalized spacial score (nSPS) is 17.0. The number of nitrogens with zero attached hydrogens (tertiary/aromatic N) is 2. The molecule has 1 atom stereocenters. The zero-order valence-corrected chi connectivity index (χ0v) is 23.5. The standard InChI is InChI=1S/C27H34ClFN4O4S/c1-27(2,3)16-32(14-17-4-5-17)21(13-30-26(36)22-8-9-23(28)38-22)25(35)31-18-6-7-20(19(29)12-18)33-10-11-37-15-24(33)34/h6-9,12,17,21H,4-5,10-11,13-16H2,1-3H3,(H,30,36)(H,31,35)/t21-/m1/s1. The highest BCUT2D eigenvalue weighted by Crippen LogP contribution is 2.32. The van der Waals surface area contributed by atoms with E-state index in [9.17, 15) is 14.4 Å². The van der Waals surface area contributed by atoms with Crippen molar-refractivity contribution in [3.8, 4) is 0 Å². The number of hydrogen-bond acceptors (Lipinski definition) is 6. The van der Waals surface area contributed by atoms with Crippen molar-refractivity contribution in [1.82, 2.24) is 10.2 Å². The molecule has 1 aliphatic carbocycles. The summed E-state index contributed by atoms with van der Waals surface area (Å²) in [7, 11) is 0. The van der Waals surface area contributed by atoms with E-state index in [-0.39, 0.29) is 54.2 Å². The lowest BCUT2D eigenvalue weighted by atomic mass is 9.94. The maximum absolute atomic E-state index is 15.0. The van der Waals surface area contributed by atoms with Crippen molar-refractivity contribution >= 4 is 52.0 Å². The first-order chi connectivity index (χ1) is 18.0. The van der Waals surface area contributed by atoms with Crippen LogP contribution in [0.3, 0.4) is 0 Å². The van der Waals surface area contributed by atoms with Gasteiger partial charge in [-0.3, -0.25) is 19.3 Å². The van der Waals surface area contributed by atoms with Gasteiger partial charge in [0, 0.05) is 31.9 Å². The molecule has 0 bridgehead atoms. The second-order valence-electron chi connectivity index (χ2n) is 11.0. The molecule has 3 amide bonds. The van der Waals surface area contributed by atoms with Crippen molar-refractivity contribution in [3.63, 3.8) is 0 Å². The topological polar surface area (TPSA) is 91.0 Å². The van der Waals surface area contributed by atoms with E-state index in [0.29, 0.717) is 28.3 Å². The van der Waals surface area contributed by atoms with Gasteiger partial charge in [-0.15, -0.1) is 11.3 Å². The van der Waals surface area contributed by atoms with E-state index in [2.05, 4.69) is 36.3 Å². The molecule has 0 radical (unpaired) electrons. The van der Waals surface area contributed by atoms with E-state index in [1.54, 1.807) is 18.2 Å². The number of thiophene rings is 1. The van der Waals surface area contributed by atoms with Crippen LogP contribution in [0.2, 0.25) is 4.34 Å². The predicted molar refractivity (Wildman–Crippen MR) is 147 cm³/mol. The third-order valence-electron chi connectivity index (χ3n) is 6.36. The summed E-state index contributed by atoms with van der Waals surface area (Å²) in [5, 5.41) is 5.72. The molecule has 1 aromatic carbocycles. The number of morpholine rings is 1. The number of rotatable bonds is 10. The molecule has 0 spiro atoms. The Balaban J connectivity index is 1.52. The Kier molecular flexibility index (Phi) is 9.07. The summed E-state index contributed by atoms with van der Waals surface area (Å²) in [5.41, 5.74) is 0.343. The summed E-state index contributed by atoms with van der Waals surface area (Å²) in [6.45, 7) is 8.30. The van der Waals surface area contributed by atoms with Crippen LogP contribution in [-0.4, -0.2) is 68.1 Å².